The van der Waals surface area contributed by atoms with E-state index in [1.165, 1.54) is 12.1 Å². The molecule has 0 aromatic heterocycles. The maximum atomic E-state index is 12.6. The molecule has 0 radical (unpaired) electrons. The van der Waals surface area contributed by atoms with Crippen LogP contribution in [0.5, 0.6) is 5.75 Å². The summed E-state index contributed by atoms with van der Waals surface area (Å²) in [7, 11) is 0. The number of nitrogens with one attached hydrogen (secondary N) is 1. The average molecular weight is 405 g/mol. The van der Waals surface area contributed by atoms with Gasteiger partial charge in [-0.2, -0.15) is 0 Å². The van der Waals surface area contributed by atoms with Crippen molar-refractivity contribution in [1.29, 1.82) is 0 Å². The van der Waals surface area contributed by atoms with E-state index in [4.69, 9.17) is 0 Å². The molecule has 29 heavy (non-hydrogen) atoms. The van der Waals surface area contributed by atoms with Crippen molar-refractivity contribution in [3.63, 3.8) is 0 Å². The largest absolute Gasteiger partial charge is 0.548 e. The van der Waals surface area contributed by atoms with E-state index in [2.05, 4.69) is 11.1 Å². The fraction of sp³-hybridized carbons (Fsp3) is 0.571. The van der Waals surface area contributed by atoms with Gasteiger partial charge in [-0.05, 0) is 43.4 Å². The highest BCUT2D eigenvalue weighted by Crippen LogP contribution is 2.20. The molecule has 1 aliphatic heterocycles. The number of hydrogen-bond acceptors (Lipinski definition) is 5. The van der Waals surface area contributed by atoms with Gasteiger partial charge in [0.25, 0.3) is 5.91 Å². The molecule has 0 aliphatic carbocycles. The van der Waals surface area contributed by atoms with Crippen LogP contribution < -0.4 is 16.2 Å². The third kappa shape index (κ3) is 6.19. The first kappa shape index (κ1) is 22.7. The number of phenols is 1. The van der Waals surface area contributed by atoms with Gasteiger partial charge in [0.15, 0.2) is 6.04 Å². The van der Waals surface area contributed by atoms with E-state index in [9.17, 15) is 24.6 Å². The summed E-state index contributed by atoms with van der Waals surface area (Å²) in [5.41, 5.74) is 4.65. The summed E-state index contributed by atoms with van der Waals surface area (Å²) in [6.07, 6.45) is 1.93. The zero-order valence-corrected chi connectivity index (χ0v) is 17.1. The number of phenolic OH excluding ortho intramolecular Hbond substituents is 1. The second-order valence-electron chi connectivity index (χ2n) is 7.84. The van der Waals surface area contributed by atoms with Crippen LogP contribution in [0.25, 0.3) is 0 Å². The molecule has 1 aromatic rings. The van der Waals surface area contributed by atoms with Gasteiger partial charge in [-0.1, -0.05) is 26.0 Å². The van der Waals surface area contributed by atoms with Crippen molar-refractivity contribution in [2.45, 2.75) is 51.6 Å². The number of carboxylic acid groups (broad SMARTS) is 1. The Hall–Kier alpha value is -2.61. The molecule has 0 spiro atoms. The van der Waals surface area contributed by atoms with Crippen LogP contribution in [-0.4, -0.2) is 53.0 Å². The van der Waals surface area contributed by atoms with E-state index >= 15 is 0 Å². The van der Waals surface area contributed by atoms with Crippen LogP contribution in [-0.2, 0) is 20.8 Å². The molecule has 3 atom stereocenters. The number of piperidine rings is 1. The van der Waals surface area contributed by atoms with Crippen LogP contribution in [0.4, 0.5) is 0 Å². The van der Waals surface area contributed by atoms with Gasteiger partial charge >= 0.3 is 0 Å². The number of nitrogens with zero attached hydrogens (tertiary/aromatic N) is 1. The Labute approximate surface area is 171 Å². The van der Waals surface area contributed by atoms with Gasteiger partial charge < -0.3 is 31.0 Å². The fourth-order valence-electron chi connectivity index (χ4n) is 3.48. The third-order valence-electron chi connectivity index (χ3n) is 5.80. The predicted molar refractivity (Wildman–Crippen MR) is 104 cm³/mol. The fourth-order valence-corrected chi connectivity index (χ4v) is 3.48. The maximum absolute atomic E-state index is 12.6. The second-order valence-corrected chi connectivity index (χ2v) is 7.84. The molecule has 5 N–H and O–H groups in total. The van der Waals surface area contributed by atoms with Crippen molar-refractivity contribution in [2.24, 2.45) is 11.8 Å². The number of quaternary nitrogens is 1. The first-order valence-electron chi connectivity index (χ1n) is 10.1. The zero-order valence-electron chi connectivity index (χ0n) is 17.1. The number of carbonyl (C=O) groups excluding carboxylic acids is 3. The minimum atomic E-state index is -1.35. The Morgan fingerprint density at radius 3 is 2.34 bits per heavy atom. The molecule has 1 heterocycles. The minimum absolute atomic E-state index is 0.0122. The van der Waals surface area contributed by atoms with Crippen molar-refractivity contribution in [3.8, 4) is 5.75 Å². The van der Waals surface area contributed by atoms with Crippen LogP contribution in [0, 0.1) is 11.8 Å². The topological polar surface area (TPSA) is 137 Å². The Morgan fingerprint density at radius 1 is 1.24 bits per heavy atom. The van der Waals surface area contributed by atoms with E-state index in [1.54, 1.807) is 17.0 Å². The normalized spacial score (nSPS) is 18.0. The van der Waals surface area contributed by atoms with E-state index in [1.807, 2.05) is 13.8 Å². The van der Waals surface area contributed by atoms with Crippen LogP contribution in [0.3, 0.4) is 0 Å². The van der Waals surface area contributed by atoms with E-state index in [0.29, 0.717) is 31.5 Å². The molecule has 0 bridgehead atoms. The molecule has 1 saturated heterocycles. The molecule has 0 saturated carbocycles. The molecule has 160 valence electrons. The number of aliphatic carboxylic acids is 1. The zero-order chi connectivity index (χ0) is 21.6. The molecular formula is C21H31N3O5. The van der Waals surface area contributed by atoms with Gasteiger partial charge in [0.2, 0.25) is 5.91 Å². The number of hydrogen-bond donors (Lipinski definition) is 3. The number of amides is 2. The van der Waals surface area contributed by atoms with E-state index in [0.717, 1.165) is 6.42 Å². The highest BCUT2D eigenvalue weighted by molar-refractivity contribution is 5.85. The standard InChI is InChI=1S/C21H31N3O5/c1-3-13(2)18(22)20(27)24-10-8-15(9-11-24)19(26)23-17(21(28)29)12-14-4-6-16(25)7-5-14/h4-7,13,15,17-18,25H,3,8-12,22H2,1-2H3,(H,23,26)(H,28,29)/t13-,17+,18+/m1/s1. The lowest BCUT2D eigenvalue weighted by Gasteiger charge is -2.33. The first-order chi connectivity index (χ1) is 13.7. The van der Waals surface area contributed by atoms with Crippen molar-refractivity contribution in [3.05, 3.63) is 29.8 Å². The summed E-state index contributed by atoms with van der Waals surface area (Å²) in [5.74, 6) is -1.73. The highest BCUT2D eigenvalue weighted by atomic mass is 16.4. The van der Waals surface area contributed by atoms with Crippen LogP contribution in [0.15, 0.2) is 24.3 Å². The molecule has 8 heteroatoms. The minimum Gasteiger partial charge on any atom is -0.548 e. The highest BCUT2D eigenvalue weighted by Gasteiger charge is 2.33. The molecule has 2 amide bonds. The van der Waals surface area contributed by atoms with Crippen molar-refractivity contribution in [2.75, 3.05) is 13.1 Å². The number of aromatic hydroxyl groups is 1. The number of benzene rings is 1. The van der Waals surface area contributed by atoms with Crippen molar-refractivity contribution < 1.29 is 30.3 Å². The summed E-state index contributed by atoms with van der Waals surface area (Å²) in [6.45, 7) is 4.96. The predicted octanol–water partition coefficient (Wildman–Crippen LogP) is -0.935. The van der Waals surface area contributed by atoms with Crippen LogP contribution >= 0.6 is 0 Å². The molecule has 1 aromatic carbocycles. The van der Waals surface area contributed by atoms with Crippen LogP contribution in [0.1, 0.15) is 38.7 Å². The molecular weight excluding hydrogens is 374 g/mol. The molecule has 8 nitrogen and oxygen atoms in total. The Bertz CT molecular complexity index is 714. The van der Waals surface area contributed by atoms with Gasteiger partial charge in [0.1, 0.15) is 5.75 Å². The van der Waals surface area contributed by atoms with Crippen LogP contribution in [0.2, 0.25) is 0 Å². The molecule has 1 fully saturated rings. The lowest BCUT2D eigenvalue weighted by Crippen LogP contribution is -2.70. The quantitative estimate of drug-likeness (QED) is 0.513. The van der Waals surface area contributed by atoms with E-state index in [-0.39, 0.29) is 41.9 Å². The molecule has 0 unspecified atom stereocenters. The molecule has 2 rings (SSSR count). The Balaban J connectivity index is 1.89. The summed E-state index contributed by atoms with van der Waals surface area (Å²) in [6, 6.07) is 4.69. The first-order valence-corrected chi connectivity index (χ1v) is 10.1. The summed E-state index contributed by atoms with van der Waals surface area (Å²) < 4.78 is 0. The number of rotatable bonds is 8. The number of likely N-dealkylation sites (tertiary alicyclic amines) is 1. The van der Waals surface area contributed by atoms with Gasteiger partial charge in [-0.25, -0.2) is 0 Å². The van der Waals surface area contributed by atoms with Gasteiger partial charge in [-0.15, -0.1) is 0 Å². The monoisotopic (exact) mass is 405 g/mol. The smallest absolute Gasteiger partial charge is 0.281 e. The average Bonchev–Trinajstić information content (AvgIpc) is 2.73. The lowest BCUT2D eigenvalue weighted by molar-refractivity contribution is -0.417. The Morgan fingerprint density at radius 2 is 1.83 bits per heavy atom. The third-order valence-corrected chi connectivity index (χ3v) is 5.80. The maximum Gasteiger partial charge on any atom is 0.281 e. The van der Waals surface area contributed by atoms with E-state index < -0.39 is 12.0 Å². The Kier molecular flexibility index (Phi) is 8.01. The number of carboxylic acids is 1. The summed E-state index contributed by atoms with van der Waals surface area (Å²) in [5, 5.41) is 23.4. The van der Waals surface area contributed by atoms with Crippen molar-refractivity contribution >= 4 is 17.8 Å². The SMILES string of the molecule is CC[C@@H](C)[C@H]([NH3+])C(=O)N1CCC(C(=O)N[C@@H](Cc2ccc(O)cc2)C(=O)[O-])CC1. The lowest BCUT2D eigenvalue weighted by atomic mass is 9.93. The van der Waals surface area contributed by atoms with Gasteiger partial charge in [-0.3, -0.25) is 9.59 Å². The second kappa shape index (κ2) is 10.2. The van der Waals surface area contributed by atoms with Gasteiger partial charge in [0.05, 0.1) is 12.0 Å². The van der Waals surface area contributed by atoms with Crippen molar-refractivity contribution in [1.82, 2.24) is 10.2 Å². The summed E-state index contributed by atoms with van der Waals surface area (Å²) >= 11 is 0. The number of carbonyl (C=O) groups is 3. The van der Waals surface area contributed by atoms with Gasteiger partial charge in [0, 0.05) is 24.9 Å². The summed E-state index contributed by atoms with van der Waals surface area (Å²) in [4.78, 5) is 38.3. The molecule has 1 aliphatic rings.